The quantitative estimate of drug-likeness (QED) is 0.417. The highest BCUT2D eigenvalue weighted by Crippen LogP contribution is 2.28. The molecule has 0 saturated carbocycles. The lowest BCUT2D eigenvalue weighted by Gasteiger charge is -2.27. The summed E-state index contributed by atoms with van der Waals surface area (Å²) in [5.74, 6) is -0.645. The average molecular weight is 476 g/mol. The normalized spacial score (nSPS) is 11.4. The fraction of sp³-hybridized carbons (Fsp3) is 0.208. The third kappa shape index (κ3) is 5.47. The summed E-state index contributed by atoms with van der Waals surface area (Å²) in [7, 11) is -4.11. The molecule has 0 heterocycles. The molecule has 3 aromatic rings. The maximum Gasteiger partial charge on any atom is 0.340 e. The Hall–Kier alpha value is -2.90. The van der Waals surface area contributed by atoms with Crippen molar-refractivity contribution in [1.82, 2.24) is 4.90 Å². The molecule has 3 rings (SSSR count). The zero-order valence-electron chi connectivity index (χ0n) is 17.9. The van der Waals surface area contributed by atoms with E-state index in [1.54, 1.807) is 42.2 Å². The van der Waals surface area contributed by atoms with E-state index < -0.39 is 15.9 Å². The molecule has 0 radical (unpaired) electrons. The van der Waals surface area contributed by atoms with Gasteiger partial charge in [0.05, 0.1) is 5.02 Å². The summed E-state index contributed by atoms with van der Waals surface area (Å²) >= 11 is 6.06. The van der Waals surface area contributed by atoms with Crippen molar-refractivity contribution in [2.24, 2.45) is 0 Å². The average Bonchev–Trinajstić information content (AvgIpc) is 2.72. The van der Waals surface area contributed by atoms with Gasteiger partial charge in [-0.15, -0.1) is 0 Å². The molecule has 1 amide bonds. The molecule has 0 N–H and O–H groups in total. The van der Waals surface area contributed by atoms with E-state index in [1.807, 2.05) is 13.8 Å². The number of rotatable bonds is 7. The summed E-state index contributed by atoms with van der Waals surface area (Å²) in [6.07, 6.45) is 0. The van der Waals surface area contributed by atoms with E-state index in [0.29, 0.717) is 5.56 Å². The number of benzene rings is 3. The van der Waals surface area contributed by atoms with Crippen LogP contribution in [-0.2, 0) is 16.7 Å². The van der Waals surface area contributed by atoms with E-state index in [-0.39, 0.29) is 39.7 Å². The Balaban J connectivity index is 1.78. The first-order valence-electron chi connectivity index (χ1n) is 9.93. The largest absolute Gasteiger partial charge is 0.379 e. The van der Waals surface area contributed by atoms with Crippen molar-refractivity contribution < 1.29 is 21.8 Å². The second-order valence-corrected chi connectivity index (χ2v) is 9.49. The van der Waals surface area contributed by atoms with Gasteiger partial charge in [0, 0.05) is 18.2 Å². The van der Waals surface area contributed by atoms with Gasteiger partial charge in [-0.3, -0.25) is 4.79 Å². The molecule has 3 aromatic carbocycles. The standard InChI is InChI=1S/C24H23ClFNO4S/c1-16(2)27(24(28)19-7-5-8-20(26)14-19)15-18-10-12-21(13-11-18)31-32(29,30)23-17(3)6-4-9-22(23)25/h4-14,16H,15H2,1-3H3. The van der Waals surface area contributed by atoms with Crippen molar-refractivity contribution in [3.8, 4) is 5.75 Å². The van der Waals surface area contributed by atoms with Crippen LogP contribution in [0.2, 0.25) is 5.02 Å². The Morgan fingerprint density at radius 1 is 1.06 bits per heavy atom. The fourth-order valence-corrected chi connectivity index (χ4v) is 4.95. The predicted octanol–water partition coefficient (Wildman–Crippen LogP) is 5.61. The summed E-state index contributed by atoms with van der Waals surface area (Å²) in [6.45, 7) is 5.64. The van der Waals surface area contributed by atoms with Crippen LogP contribution in [0.3, 0.4) is 0 Å². The van der Waals surface area contributed by atoms with E-state index in [0.717, 1.165) is 5.56 Å². The molecule has 0 aliphatic heterocycles. The SMILES string of the molecule is Cc1cccc(Cl)c1S(=O)(=O)Oc1ccc(CN(C(=O)c2cccc(F)c2)C(C)C)cc1. The minimum Gasteiger partial charge on any atom is -0.379 e. The second kappa shape index (κ2) is 9.71. The molecule has 8 heteroatoms. The van der Waals surface area contributed by atoms with Gasteiger partial charge < -0.3 is 9.08 Å². The molecule has 32 heavy (non-hydrogen) atoms. The highest BCUT2D eigenvalue weighted by atomic mass is 35.5. The van der Waals surface area contributed by atoms with Crippen molar-refractivity contribution in [3.05, 3.63) is 94.3 Å². The van der Waals surface area contributed by atoms with Crippen molar-refractivity contribution in [2.45, 2.75) is 38.3 Å². The summed E-state index contributed by atoms with van der Waals surface area (Å²) in [5.41, 5.74) is 1.51. The van der Waals surface area contributed by atoms with Gasteiger partial charge in [-0.25, -0.2) is 4.39 Å². The molecule has 0 aliphatic rings. The maximum atomic E-state index is 13.5. The minimum absolute atomic E-state index is 0.0718. The van der Waals surface area contributed by atoms with E-state index in [4.69, 9.17) is 15.8 Å². The number of carbonyl (C=O) groups is 1. The van der Waals surface area contributed by atoms with Crippen molar-refractivity contribution >= 4 is 27.6 Å². The number of aryl methyl sites for hydroxylation is 1. The summed E-state index contributed by atoms with van der Waals surface area (Å²) in [4.78, 5) is 14.4. The number of hydrogen-bond acceptors (Lipinski definition) is 4. The number of nitrogens with zero attached hydrogens (tertiary/aromatic N) is 1. The zero-order chi connectivity index (χ0) is 23.5. The monoisotopic (exact) mass is 475 g/mol. The van der Waals surface area contributed by atoms with Crippen LogP contribution in [0.15, 0.2) is 71.6 Å². The Morgan fingerprint density at radius 2 is 1.72 bits per heavy atom. The smallest absolute Gasteiger partial charge is 0.340 e. The van der Waals surface area contributed by atoms with Crippen molar-refractivity contribution in [3.63, 3.8) is 0 Å². The molecule has 0 saturated heterocycles. The Morgan fingerprint density at radius 3 is 2.31 bits per heavy atom. The highest BCUT2D eigenvalue weighted by Gasteiger charge is 2.23. The first kappa shape index (κ1) is 23.8. The minimum atomic E-state index is -4.11. The van der Waals surface area contributed by atoms with Crippen LogP contribution >= 0.6 is 11.6 Å². The summed E-state index contributed by atoms with van der Waals surface area (Å²) in [6, 6.07) is 16.6. The Kier molecular flexibility index (Phi) is 7.21. The Labute approximate surface area is 192 Å². The zero-order valence-corrected chi connectivity index (χ0v) is 19.5. The Bertz CT molecular complexity index is 1210. The van der Waals surface area contributed by atoms with Crippen LogP contribution < -0.4 is 4.18 Å². The van der Waals surface area contributed by atoms with Gasteiger partial charge in [0.1, 0.15) is 16.5 Å². The lowest BCUT2D eigenvalue weighted by atomic mass is 10.1. The van der Waals surface area contributed by atoms with E-state index in [2.05, 4.69) is 0 Å². The highest BCUT2D eigenvalue weighted by molar-refractivity contribution is 7.87. The van der Waals surface area contributed by atoms with Gasteiger partial charge in [-0.2, -0.15) is 8.42 Å². The molecule has 0 bridgehead atoms. The third-order valence-electron chi connectivity index (χ3n) is 4.85. The molecule has 0 aliphatic carbocycles. The topological polar surface area (TPSA) is 63.7 Å². The van der Waals surface area contributed by atoms with E-state index >= 15 is 0 Å². The third-order valence-corrected chi connectivity index (χ3v) is 6.73. The molecule has 0 fully saturated rings. The molecule has 168 valence electrons. The number of carbonyl (C=O) groups excluding carboxylic acids is 1. The van der Waals surface area contributed by atoms with Crippen molar-refractivity contribution in [1.29, 1.82) is 0 Å². The van der Waals surface area contributed by atoms with Gasteiger partial charge in [-0.05, 0) is 68.3 Å². The van der Waals surface area contributed by atoms with Gasteiger partial charge in [0.15, 0.2) is 0 Å². The molecule has 0 aromatic heterocycles. The maximum absolute atomic E-state index is 13.5. The first-order chi connectivity index (χ1) is 15.1. The second-order valence-electron chi connectivity index (χ2n) is 7.60. The van der Waals surface area contributed by atoms with Crippen LogP contribution in [0.25, 0.3) is 0 Å². The summed E-state index contributed by atoms with van der Waals surface area (Å²) < 4.78 is 44.1. The molecule has 0 spiro atoms. The molecule has 0 atom stereocenters. The van der Waals surface area contributed by atoms with Crippen LogP contribution in [0, 0.1) is 12.7 Å². The van der Waals surface area contributed by atoms with E-state index in [9.17, 15) is 17.6 Å². The molecule has 5 nitrogen and oxygen atoms in total. The fourth-order valence-electron chi connectivity index (χ4n) is 3.22. The molecular formula is C24H23ClFNO4S. The van der Waals surface area contributed by atoms with Gasteiger partial charge in [0.25, 0.3) is 5.91 Å². The first-order valence-corrected chi connectivity index (χ1v) is 11.7. The van der Waals surface area contributed by atoms with Gasteiger partial charge >= 0.3 is 10.1 Å². The molecule has 0 unspecified atom stereocenters. The predicted molar refractivity (Wildman–Crippen MR) is 122 cm³/mol. The van der Waals surface area contributed by atoms with Crippen molar-refractivity contribution in [2.75, 3.05) is 0 Å². The number of amides is 1. The summed E-state index contributed by atoms with van der Waals surface area (Å²) in [5, 5.41) is 0.0880. The van der Waals surface area contributed by atoms with Gasteiger partial charge in [-0.1, -0.05) is 41.9 Å². The lowest BCUT2D eigenvalue weighted by molar-refractivity contribution is 0.0690. The van der Waals surface area contributed by atoms with Gasteiger partial charge in [0.2, 0.25) is 0 Å². The van der Waals surface area contributed by atoms with Crippen LogP contribution in [0.5, 0.6) is 5.75 Å². The van der Waals surface area contributed by atoms with Crippen LogP contribution in [0.1, 0.15) is 35.3 Å². The lowest BCUT2D eigenvalue weighted by Crippen LogP contribution is -2.36. The van der Waals surface area contributed by atoms with Crippen LogP contribution in [-0.4, -0.2) is 25.3 Å². The molecular weight excluding hydrogens is 453 g/mol. The van der Waals surface area contributed by atoms with Crippen LogP contribution in [0.4, 0.5) is 4.39 Å². The van der Waals surface area contributed by atoms with E-state index in [1.165, 1.54) is 36.4 Å². The number of halogens is 2. The number of hydrogen-bond donors (Lipinski definition) is 0.